The van der Waals surface area contributed by atoms with E-state index in [1.165, 1.54) is 26.9 Å². The number of aromatic nitrogens is 4. The van der Waals surface area contributed by atoms with Crippen LogP contribution >= 0.6 is 11.3 Å². The van der Waals surface area contributed by atoms with Crippen LogP contribution < -0.4 is 21.2 Å². The summed E-state index contributed by atoms with van der Waals surface area (Å²) in [5.41, 5.74) is 2.37. The fourth-order valence-electron chi connectivity index (χ4n) is 4.11. The van der Waals surface area contributed by atoms with Gasteiger partial charge in [0, 0.05) is 18.0 Å². The second-order valence-electron chi connectivity index (χ2n) is 8.22. The summed E-state index contributed by atoms with van der Waals surface area (Å²) in [6, 6.07) is 16.6. The summed E-state index contributed by atoms with van der Waals surface area (Å²) in [5.74, 6) is 0.221. The zero-order valence-corrected chi connectivity index (χ0v) is 20.7. The lowest BCUT2D eigenvalue weighted by atomic mass is 10.1. The average Bonchev–Trinajstić information content (AvgIpc) is 3.42. The Balaban J connectivity index is 1.45. The molecule has 0 saturated heterocycles. The first-order valence-corrected chi connectivity index (χ1v) is 12.0. The Kier molecular flexibility index (Phi) is 6.03. The quantitative estimate of drug-likeness (QED) is 0.383. The van der Waals surface area contributed by atoms with E-state index in [4.69, 9.17) is 4.74 Å². The average molecular weight is 502 g/mol. The van der Waals surface area contributed by atoms with Gasteiger partial charge in [-0.1, -0.05) is 30.3 Å². The molecule has 0 spiro atoms. The maximum atomic E-state index is 13.3. The maximum absolute atomic E-state index is 13.3. The third-order valence-electron chi connectivity index (χ3n) is 6.09. The number of thiophene rings is 1. The normalized spacial score (nSPS) is 11.1. The number of nitrogens with zero attached hydrogens (tertiary/aromatic N) is 4. The molecule has 0 radical (unpaired) electrons. The number of amides is 1. The number of hydrogen-bond donors (Lipinski definition) is 1. The van der Waals surface area contributed by atoms with E-state index < -0.39 is 5.91 Å². The molecular formula is C26H23N5O4S. The molecule has 3 aromatic heterocycles. The van der Waals surface area contributed by atoms with Gasteiger partial charge < -0.3 is 10.1 Å². The van der Waals surface area contributed by atoms with Crippen molar-refractivity contribution in [2.24, 2.45) is 7.05 Å². The van der Waals surface area contributed by atoms with Gasteiger partial charge in [0.05, 0.1) is 30.2 Å². The Morgan fingerprint density at radius 3 is 2.47 bits per heavy atom. The Morgan fingerprint density at radius 2 is 1.78 bits per heavy atom. The summed E-state index contributed by atoms with van der Waals surface area (Å²) in [4.78, 5) is 44.3. The van der Waals surface area contributed by atoms with E-state index in [2.05, 4.69) is 10.3 Å². The number of para-hydroxylation sites is 1. The van der Waals surface area contributed by atoms with Gasteiger partial charge in [-0.2, -0.15) is 0 Å². The minimum Gasteiger partial charge on any atom is -0.497 e. The van der Waals surface area contributed by atoms with Crippen molar-refractivity contribution in [2.45, 2.75) is 13.5 Å². The minimum atomic E-state index is -0.495. The summed E-state index contributed by atoms with van der Waals surface area (Å²) < 4.78 is 9.63. The lowest BCUT2D eigenvalue weighted by Crippen LogP contribution is -2.29. The van der Waals surface area contributed by atoms with Crippen LogP contribution in [0.4, 0.5) is 5.69 Å². The van der Waals surface area contributed by atoms with Crippen molar-refractivity contribution in [1.29, 1.82) is 0 Å². The van der Waals surface area contributed by atoms with Crippen molar-refractivity contribution < 1.29 is 9.53 Å². The molecule has 9 nitrogen and oxygen atoms in total. The largest absolute Gasteiger partial charge is 0.497 e. The first-order chi connectivity index (χ1) is 17.4. The number of carbonyl (C=O) groups excluding carboxylic acids is 1. The molecule has 2 aromatic carbocycles. The molecule has 0 unspecified atom stereocenters. The first kappa shape index (κ1) is 23.3. The highest BCUT2D eigenvalue weighted by Gasteiger charge is 2.19. The molecule has 0 saturated carbocycles. The number of hydrogen-bond acceptors (Lipinski definition) is 6. The molecule has 182 valence electrons. The topological polar surface area (TPSA) is 100 Å². The molecule has 0 aliphatic carbocycles. The second kappa shape index (κ2) is 9.31. The van der Waals surface area contributed by atoms with Gasteiger partial charge in [0.1, 0.15) is 22.8 Å². The van der Waals surface area contributed by atoms with Crippen LogP contribution in [0.1, 0.15) is 5.69 Å². The van der Waals surface area contributed by atoms with Crippen molar-refractivity contribution >= 4 is 33.1 Å². The van der Waals surface area contributed by atoms with E-state index in [1.54, 1.807) is 25.8 Å². The molecule has 0 atom stereocenters. The Morgan fingerprint density at radius 1 is 1.06 bits per heavy atom. The van der Waals surface area contributed by atoms with E-state index >= 15 is 0 Å². The summed E-state index contributed by atoms with van der Waals surface area (Å²) in [5, 5.41) is 5.02. The fraction of sp³-hybridized carbons (Fsp3) is 0.154. The SMILES string of the molecule is COc1ccc(-c2csc3ncn(CC(=O)Nc4c(C)n(C)n(-c5ccccc5)c4=O)c(=O)c23)cc1. The van der Waals surface area contributed by atoms with Crippen molar-refractivity contribution in [3.05, 3.63) is 92.7 Å². The number of nitrogens with one attached hydrogen (secondary N) is 1. The maximum Gasteiger partial charge on any atom is 0.295 e. The van der Waals surface area contributed by atoms with E-state index in [0.717, 1.165) is 11.1 Å². The summed E-state index contributed by atoms with van der Waals surface area (Å²) in [6.45, 7) is 1.47. The lowest BCUT2D eigenvalue weighted by molar-refractivity contribution is -0.116. The molecule has 36 heavy (non-hydrogen) atoms. The van der Waals surface area contributed by atoms with Crippen molar-refractivity contribution in [1.82, 2.24) is 18.9 Å². The van der Waals surface area contributed by atoms with Crippen LogP contribution in [0.5, 0.6) is 5.75 Å². The zero-order valence-electron chi connectivity index (χ0n) is 19.9. The van der Waals surface area contributed by atoms with Crippen molar-refractivity contribution in [3.8, 4) is 22.6 Å². The standard InChI is InChI=1S/C26H23N5O4S/c1-16-23(26(34)31(29(16)2)18-7-5-4-6-8-18)28-21(32)13-30-15-27-24-22(25(30)33)20(14-36-24)17-9-11-19(35-3)12-10-17/h4-12,14-15H,13H2,1-3H3,(H,28,32). The number of methoxy groups -OCH3 is 1. The smallest absolute Gasteiger partial charge is 0.295 e. The highest BCUT2D eigenvalue weighted by Crippen LogP contribution is 2.31. The Labute approximate surface area is 209 Å². The molecule has 1 amide bonds. The third-order valence-corrected chi connectivity index (χ3v) is 6.98. The van der Waals surface area contributed by atoms with Crippen LogP contribution in [-0.4, -0.2) is 31.9 Å². The van der Waals surface area contributed by atoms with Crippen LogP contribution in [0.15, 0.2) is 75.9 Å². The molecule has 0 bridgehead atoms. The van der Waals surface area contributed by atoms with Gasteiger partial charge >= 0.3 is 0 Å². The first-order valence-electron chi connectivity index (χ1n) is 11.1. The van der Waals surface area contributed by atoms with Crippen LogP contribution in [0.3, 0.4) is 0 Å². The van der Waals surface area contributed by atoms with Gasteiger partial charge in [0.2, 0.25) is 5.91 Å². The van der Waals surface area contributed by atoms with Gasteiger partial charge in [-0.3, -0.25) is 23.6 Å². The predicted molar refractivity (Wildman–Crippen MR) is 140 cm³/mol. The fourth-order valence-corrected chi connectivity index (χ4v) is 5.02. The monoisotopic (exact) mass is 501 g/mol. The van der Waals surface area contributed by atoms with Gasteiger partial charge in [-0.15, -0.1) is 11.3 Å². The van der Waals surface area contributed by atoms with Gasteiger partial charge in [-0.05, 0) is 36.8 Å². The van der Waals surface area contributed by atoms with E-state index in [9.17, 15) is 14.4 Å². The van der Waals surface area contributed by atoms with Gasteiger partial charge in [0.15, 0.2) is 0 Å². The Hall–Kier alpha value is -4.44. The number of fused-ring (bicyclic) bond motifs is 1. The molecule has 5 rings (SSSR count). The van der Waals surface area contributed by atoms with Crippen LogP contribution in [0, 0.1) is 6.92 Å². The lowest BCUT2D eigenvalue weighted by Gasteiger charge is -2.08. The molecule has 5 aromatic rings. The molecule has 10 heteroatoms. The summed E-state index contributed by atoms with van der Waals surface area (Å²) in [7, 11) is 3.34. The third kappa shape index (κ3) is 4.01. The van der Waals surface area contributed by atoms with Gasteiger partial charge in [0.25, 0.3) is 11.1 Å². The van der Waals surface area contributed by atoms with Crippen molar-refractivity contribution in [2.75, 3.05) is 12.4 Å². The summed E-state index contributed by atoms with van der Waals surface area (Å²) >= 11 is 1.37. The number of carbonyl (C=O) groups is 1. The second-order valence-corrected chi connectivity index (χ2v) is 9.08. The van der Waals surface area contributed by atoms with E-state index in [1.807, 2.05) is 60.0 Å². The zero-order chi connectivity index (χ0) is 25.4. The number of rotatable bonds is 6. The molecule has 0 fully saturated rings. The highest BCUT2D eigenvalue weighted by atomic mass is 32.1. The number of ether oxygens (including phenoxy) is 1. The van der Waals surface area contributed by atoms with Crippen LogP contribution in [0.25, 0.3) is 27.0 Å². The molecule has 3 heterocycles. The highest BCUT2D eigenvalue weighted by molar-refractivity contribution is 7.17. The van der Waals surface area contributed by atoms with Crippen LogP contribution in [-0.2, 0) is 18.4 Å². The Bertz CT molecular complexity index is 1700. The minimum absolute atomic E-state index is 0.169. The van der Waals surface area contributed by atoms with E-state index in [-0.39, 0.29) is 23.4 Å². The summed E-state index contributed by atoms with van der Waals surface area (Å²) in [6.07, 6.45) is 1.36. The molecule has 0 aliphatic heterocycles. The molecular weight excluding hydrogens is 478 g/mol. The number of benzene rings is 2. The molecule has 1 N–H and O–H groups in total. The number of anilines is 1. The van der Waals surface area contributed by atoms with Crippen LogP contribution in [0.2, 0.25) is 0 Å². The molecule has 0 aliphatic rings. The predicted octanol–water partition coefficient (Wildman–Crippen LogP) is 3.57. The van der Waals surface area contributed by atoms with Gasteiger partial charge in [-0.25, -0.2) is 9.67 Å². The van der Waals surface area contributed by atoms with E-state index in [0.29, 0.717) is 27.3 Å². The van der Waals surface area contributed by atoms with Crippen molar-refractivity contribution in [3.63, 3.8) is 0 Å².